The largest absolute Gasteiger partial charge is 0.495 e. The van der Waals surface area contributed by atoms with Crippen LogP contribution in [0.5, 0.6) is 5.75 Å². The van der Waals surface area contributed by atoms with E-state index in [-0.39, 0.29) is 5.91 Å². The number of carbonyl (C=O) groups is 1. The number of hydrogen-bond acceptors (Lipinski definition) is 4. The van der Waals surface area contributed by atoms with Crippen LogP contribution in [-0.4, -0.2) is 48.7 Å². The molecule has 1 saturated heterocycles. The number of fused-ring (bicyclic) bond motifs is 1. The predicted molar refractivity (Wildman–Crippen MR) is 113 cm³/mol. The van der Waals surface area contributed by atoms with Gasteiger partial charge in [0.1, 0.15) is 11.4 Å². The molecule has 1 saturated carbocycles. The summed E-state index contributed by atoms with van der Waals surface area (Å²) >= 11 is 0. The van der Waals surface area contributed by atoms with E-state index < -0.39 is 0 Å². The Labute approximate surface area is 170 Å². The first-order chi connectivity index (χ1) is 14.2. The van der Waals surface area contributed by atoms with Gasteiger partial charge in [0.2, 0.25) is 0 Å². The molecule has 1 aliphatic carbocycles. The molecular weight excluding hydrogens is 366 g/mol. The van der Waals surface area contributed by atoms with Crippen molar-refractivity contribution in [2.75, 3.05) is 38.2 Å². The van der Waals surface area contributed by atoms with E-state index in [2.05, 4.69) is 15.5 Å². The van der Waals surface area contributed by atoms with Gasteiger partial charge in [0, 0.05) is 44.9 Å². The summed E-state index contributed by atoms with van der Waals surface area (Å²) in [5, 5.41) is 0. The van der Waals surface area contributed by atoms with Crippen LogP contribution in [-0.2, 0) is 6.54 Å². The van der Waals surface area contributed by atoms with Gasteiger partial charge in [-0.25, -0.2) is 0 Å². The molecule has 152 valence electrons. The number of para-hydroxylation sites is 2. The summed E-state index contributed by atoms with van der Waals surface area (Å²) in [5.41, 5.74) is 3.69. The van der Waals surface area contributed by atoms with Gasteiger partial charge in [-0.2, -0.15) is 0 Å². The predicted octanol–water partition coefficient (Wildman–Crippen LogP) is 4.01. The van der Waals surface area contributed by atoms with Gasteiger partial charge >= 0.3 is 0 Å². The number of ether oxygens (including phenoxy) is 1. The number of methoxy groups -OCH3 is 1. The minimum absolute atomic E-state index is 0.107. The Bertz CT molecular complexity index is 1010. The fraction of sp³-hybridized carbons (Fsp3) is 0.435. The van der Waals surface area contributed by atoms with Crippen molar-refractivity contribution < 1.29 is 13.9 Å². The van der Waals surface area contributed by atoms with Crippen LogP contribution in [0.2, 0.25) is 0 Å². The van der Waals surface area contributed by atoms with Crippen LogP contribution in [0, 0.1) is 5.92 Å². The lowest BCUT2D eigenvalue weighted by molar-refractivity contribution is 0.0733. The van der Waals surface area contributed by atoms with Crippen LogP contribution in [0.4, 0.5) is 5.69 Å². The van der Waals surface area contributed by atoms with E-state index in [9.17, 15) is 4.79 Å². The number of hydrogen-bond donors (Lipinski definition) is 0. The summed E-state index contributed by atoms with van der Waals surface area (Å²) < 4.78 is 13.3. The molecule has 3 heterocycles. The second-order valence-corrected chi connectivity index (χ2v) is 8.06. The number of rotatable bonds is 5. The average molecular weight is 393 g/mol. The summed E-state index contributed by atoms with van der Waals surface area (Å²) in [4.78, 5) is 17.6. The lowest BCUT2D eigenvalue weighted by Gasteiger charge is -2.37. The molecule has 0 atom stereocenters. The topological polar surface area (TPSA) is 50.9 Å². The first-order valence-corrected chi connectivity index (χ1v) is 10.5. The summed E-state index contributed by atoms with van der Waals surface area (Å²) in [6.07, 6.45) is 5.52. The van der Waals surface area contributed by atoms with Crippen LogP contribution in [0.1, 0.15) is 29.8 Å². The maximum Gasteiger partial charge on any atom is 0.270 e. The standard InChI is InChI=1S/C23H27N3O3/c1-28-21-8-3-2-7-18(21)24-10-12-25(13-11-24)23(27)20-15-22-19(9-14-29-22)26(20)16-17-5-4-6-17/h2-3,7-9,14-15,17H,4-6,10-13,16H2,1H3. The maximum atomic E-state index is 13.4. The second kappa shape index (κ2) is 7.50. The summed E-state index contributed by atoms with van der Waals surface area (Å²) in [7, 11) is 1.70. The van der Waals surface area contributed by atoms with Crippen LogP contribution in [0.3, 0.4) is 0 Å². The summed E-state index contributed by atoms with van der Waals surface area (Å²) in [6.45, 7) is 3.90. The molecule has 2 aliphatic rings. The van der Waals surface area contributed by atoms with Gasteiger partial charge in [0.15, 0.2) is 5.58 Å². The molecule has 6 heteroatoms. The molecule has 3 aromatic rings. The van der Waals surface area contributed by atoms with Crippen LogP contribution in [0.15, 0.2) is 47.1 Å². The van der Waals surface area contributed by atoms with Crippen molar-refractivity contribution in [3.8, 4) is 5.75 Å². The number of amides is 1. The molecule has 29 heavy (non-hydrogen) atoms. The van der Waals surface area contributed by atoms with E-state index >= 15 is 0 Å². The quantitative estimate of drug-likeness (QED) is 0.657. The Morgan fingerprint density at radius 1 is 1.14 bits per heavy atom. The molecule has 1 aliphatic heterocycles. The number of benzene rings is 1. The highest BCUT2D eigenvalue weighted by atomic mass is 16.5. The lowest BCUT2D eigenvalue weighted by Crippen LogP contribution is -2.49. The van der Waals surface area contributed by atoms with Crippen molar-refractivity contribution in [1.82, 2.24) is 9.47 Å². The van der Waals surface area contributed by atoms with E-state index in [0.717, 1.165) is 47.9 Å². The Kier molecular flexibility index (Phi) is 4.70. The first kappa shape index (κ1) is 18.2. The van der Waals surface area contributed by atoms with Crippen LogP contribution >= 0.6 is 0 Å². The van der Waals surface area contributed by atoms with Crippen LogP contribution in [0.25, 0.3) is 11.1 Å². The zero-order valence-corrected chi connectivity index (χ0v) is 16.8. The molecule has 0 N–H and O–H groups in total. The van der Waals surface area contributed by atoms with Gasteiger partial charge in [0.25, 0.3) is 5.91 Å². The SMILES string of the molecule is COc1ccccc1N1CCN(C(=O)c2cc3occc3n2CC2CCC2)CC1. The number of piperazine rings is 1. The third-order valence-electron chi connectivity index (χ3n) is 6.40. The van der Waals surface area contributed by atoms with Crippen molar-refractivity contribution in [1.29, 1.82) is 0 Å². The minimum atomic E-state index is 0.107. The molecule has 5 rings (SSSR count). The van der Waals surface area contributed by atoms with Crippen molar-refractivity contribution in [2.45, 2.75) is 25.8 Å². The summed E-state index contributed by atoms with van der Waals surface area (Å²) in [5.74, 6) is 1.66. The fourth-order valence-corrected chi connectivity index (χ4v) is 4.49. The zero-order valence-electron chi connectivity index (χ0n) is 16.8. The number of anilines is 1. The lowest BCUT2D eigenvalue weighted by atomic mass is 9.85. The van der Waals surface area contributed by atoms with E-state index in [1.54, 1.807) is 13.4 Å². The van der Waals surface area contributed by atoms with Crippen LogP contribution < -0.4 is 9.64 Å². The number of aromatic nitrogens is 1. The van der Waals surface area contributed by atoms with Gasteiger partial charge in [-0.15, -0.1) is 0 Å². The molecular formula is C23H27N3O3. The van der Waals surface area contributed by atoms with E-state index in [1.165, 1.54) is 19.3 Å². The van der Waals surface area contributed by atoms with Gasteiger partial charge in [-0.05, 0) is 30.9 Å². The third-order valence-corrected chi connectivity index (χ3v) is 6.40. The highest BCUT2D eigenvalue weighted by Gasteiger charge is 2.28. The average Bonchev–Trinajstić information content (AvgIpc) is 3.32. The van der Waals surface area contributed by atoms with Crippen molar-refractivity contribution in [2.24, 2.45) is 5.92 Å². The van der Waals surface area contributed by atoms with Gasteiger partial charge in [0.05, 0.1) is 24.6 Å². The molecule has 1 aromatic carbocycles. The number of carbonyl (C=O) groups excluding carboxylic acids is 1. The highest BCUT2D eigenvalue weighted by Crippen LogP contribution is 2.32. The molecule has 1 amide bonds. The Morgan fingerprint density at radius 3 is 2.66 bits per heavy atom. The van der Waals surface area contributed by atoms with E-state index in [4.69, 9.17) is 9.15 Å². The molecule has 0 spiro atoms. The van der Waals surface area contributed by atoms with Gasteiger partial charge in [-0.3, -0.25) is 4.79 Å². The van der Waals surface area contributed by atoms with Crippen molar-refractivity contribution in [3.63, 3.8) is 0 Å². The van der Waals surface area contributed by atoms with Crippen molar-refractivity contribution >= 4 is 22.7 Å². The third kappa shape index (κ3) is 3.26. The zero-order chi connectivity index (χ0) is 19.8. The molecule has 2 fully saturated rings. The van der Waals surface area contributed by atoms with Crippen molar-refractivity contribution in [3.05, 3.63) is 48.4 Å². The molecule has 0 unspecified atom stereocenters. The number of nitrogens with zero attached hydrogens (tertiary/aromatic N) is 3. The normalized spacial score (nSPS) is 17.6. The summed E-state index contributed by atoms with van der Waals surface area (Å²) in [6, 6.07) is 12.0. The second-order valence-electron chi connectivity index (χ2n) is 8.06. The number of furan rings is 1. The molecule has 0 radical (unpaired) electrons. The molecule has 2 aromatic heterocycles. The van der Waals surface area contributed by atoms with E-state index in [0.29, 0.717) is 19.0 Å². The van der Waals surface area contributed by atoms with Gasteiger partial charge in [-0.1, -0.05) is 18.6 Å². The Balaban J connectivity index is 1.33. The fourth-order valence-electron chi connectivity index (χ4n) is 4.49. The Morgan fingerprint density at radius 2 is 1.93 bits per heavy atom. The minimum Gasteiger partial charge on any atom is -0.495 e. The molecule has 6 nitrogen and oxygen atoms in total. The molecule has 0 bridgehead atoms. The monoisotopic (exact) mass is 393 g/mol. The van der Waals surface area contributed by atoms with E-state index in [1.807, 2.05) is 35.2 Å². The first-order valence-electron chi connectivity index (χ1n) is 10.5. The maximum absolute atomic E-state index is 13.4. The highest BCUT2D eigenvalue weighted by molar-refractivity contribution is 5.97. The van der Waals surface area contributed by atoms with Gasteiger partial charge < -0.3 is 23.5 Å². The Hall–Kier alpha value is -2.89. The smallest absolute Gasteiger partial charge is 0.270 e.